The van der Waals surface area contributed by atoms with Crippen LogP contribution in [0.5, 0.6) is 0 Å². The molecule has 0 amide bonds. The van der Waals surface area contributed by atoms with Crippen LogP contribution in [0.2, 0.25) is 0 Å². The Bertz CT molecular complexity index is 604. The third-order valence-corrected chi connectivity index (χ3v) is 4.22. The van der Waals surface area contributed by atoms with Crippen molar-refractivity contribution in [1.82, 2.24) is 4.98 Å². The fourth-order valence-corrected chi connectivity index (χ4v) is 3.34. The maximum absolute atomic E-state index is 13.7. The summed E-state index contributed by atoms with van der Waals surface area (Å²) in [6.45, 7) is 0. The van der Waals surface area contributed by atoms with E-state index in [1.165, 1.54) is 23.9 Å². The number of rotatable bonds is 2. The van der Waals surface area contributed by atoms with E-state index < -0.39 is 5.95 Å². The van der Waals surface area contributed by atoms with Crippen LogP contribution in [0.15, 0.2) is 41.3 Å². The highest BCUT2D eigenvalue weighted by atomic mass is 32.2. The van der Waals surface area contributed by atoms with Crippen molar-refractivity contribution in [3.05, 3.63) is 53.7 Å². The standard InChI is InChI=1S/C14H12F2N2S/c15-10-4-1-3-9-11(7-8-19-14(9)10)17-13-6-2-5-12(16)18-13/h1-6,11H,7-8H2,(H,17,18). The van der Waals surface area contributed by atoms with Gasteiger partial charge in [-0.3, -0.25) is 0 Å². The molecule has 5 heteroatoms. The average molecular weight is 278 g/mol. The minimum Gasteiger partial charge on any atom is -0.363 e. The number of anilines is 1. The van der Waals surface area contributed by atoms with Gasteiger partial charge in [0.15, 0.2) is 0 Å². The molecule has 0 bridgehead atoms. The summed E-state index contributed by atoms with van der Waals surface area (Å²) in [7, 11) is 0. The van der Waals surface area contributed by atoms with Gasteiger partial charge in [0, 0.05) is 10.6 Å². The molecule has 0 aliphatic carbocycles. The molecule has 1 aromatic carbocycles. The van der Waals surface area contributed by atoms with Crippen molar-refractivity contribution in [3.8, 4) is 0 Å². The number of halogens is 2. The lowest BCUT2D eigenvalue weighted by Crippen LogP contribution is -2.17. The van der Waals surface area contributed by atoms with Crippen molar-refractivity contribution < 1.29 is 8.78 Å². The number of benzene rings is 1. The Labute approximate surface area is 114 Å². The first-order valence-corrected chi connectivity index (χ1v) is 7.03. The molecule has 19 heavy (non-hydrogen) atoms. The molecule has 0 saturated heterocycles. The predicted octanol–water partition coefficient (Wildman–Crippen LogP) is 4.01. The minimum atomic E-state index is -0.519. The number of hydrogen-bond donors (Lipinski definition) is 1. The van der Waals surface area contributed by atoms with Gasteiger partial charge in [0.25, 0.3) is 0 Å². The van der Waals surface area contributed by atoms with Crippen molar-refractivity contribution >= 4 is 17.6 Å². The highest BCUT2D eigenvalue weighted by molar-refractivity contribution is 7.99. The van der Waals surface area contributed by atoms with Crippen LogP contribution in [0.1, 0.15) is 18.0 Å². The van der Waals surface area contributed by atoms with Gasteiger partial charge in [0.1, 0.15) is 11.6 Å². The van der Waals surface area contributed by atoms with Gasteiger partial charge in [0.2, 0.25) is 5.95 Å². The number of nitrogens with zero attached hydrogens (tertiary/aromatic N) is 1. The molecule has 3 rings (SSSR count). The van der Waals surface area contributed by atoms with Crippen molar-refractivity contribution in [2.75, 3.05) is 11.1 Å². The predicted molar refractivity (Wildman–Crippen MR) is 72.3 cm³/mol. The van der Waals surface area contributed by atoms with Crippen LogP contribution in [-0.2, 0) is 0 Å². The smallest absolute Gasteiger partial charge is 0.214 e. The van der Waals surface area contributed by atoms with Gasteiger partial charge in [-0.25, -0.2) is 9.37 Å². The fourth-order valence-electron chi connectivity index (χ4n) is 2.20. The molecule has 1 atom stereocenters. The topological polar surface area (TPSA) is 24.9 Å². The van der Waals surface area contributed by atoms with E-state index in [9.17, 15) is 8.78 Å². The maximum atomic E-state index is 13.7. The van der Waals surface area contributed by atoms with Crippen LogP contribution in [0.4, 0.5) is 14.6 Å². The Hall–Kier alpha value is -1.62. The van der Waals surface area contributed by atoms with Gasteiger partial charge in [-0.2, -0.15) is 4.39 Å². The molecule has 98 valence electrons. The average Bonchev–Trinajstić information content (AvgIpc) is 2.40. The van der Waals surface area contributed by atoms with Crippen LogP contribution >= 0.6 is 11.8 Å². The van der Waals surface area contributed by atoms with Crippen LogP contribution in [-0.4, -0.2) is 10.7 Å². The van der Waals surface area contributed by atoms with Crippen molar-refractivity contribution in [2.24, 2.45) is 0 Å². The van der Waals surface area contributed by atoms with Gasteiger partial charge >= 0.3 is 0 Å². The fraction of sp³-hybridized carbons (Fsp3) is 0.214. The summed E-state index contributed by atoms with van der Waals surface area (Å²) >= 11 is 1.52. The van der Waals surface area contributed by atoms with Crippen LogP contribution in [0, 0.1) is 11.8 Å². The zero-order valence-corrected chi connectivity index (χ0v) is 10.9. The van der Waals surface area contributed by atoms with E-state index in [-0.39, 0.29) is 11.9 Å². The number of aromatic nitrogens is 1. The first kappa shape index (κ1) is 12.4. The summed E-state index contributed by atoms with van der Waals surface area (Å²) in [6.07, 6.45) is 0.860. The second-order valence-electron chi connectivity index (χ2n) is 4.34. The van der Waals surface area contributed by atoms with Crippen LogP contribution in [0.25, 0.3) is 0 Å². The SMILES string of the molecule is Fc1cccc(NC2CCSc3c(F)cccc32)n1. The first-order chi connectivity index (χ1) is 9.24. The lowest BCUT2D eigenvalue weighted by atomic mass is 10.0. The van der Waals surface area contributed by atoms with Gasteiger partial charge in [-0.15, -0.1) is 11.8 Å². The zero-order chi connectivity index (χ0) is 13.2. The molecule has 1 aliphatic heterocycles. The number of pyridine rings is 1. The Balaban J connectivity index is 1.90. The monoisotopic (exact) mass is 278 g/mol. The molecule has 2 nitrogen and oxygen atoms in total. The zero-order valence-electron chi connectivity index (χ0n) is 10.1. The van der Waals surface area contributed by atoms with Gasteiger partial charge in [-0.1, -0.05) is 18.2 Å². The van der Waals surface area contributed by atoms with E-state index in [2.05, 4.69) is 10.3 Å². The molecule has 1 N–H and O–H groups in total. The molecule has 0 radical (unpaired) electrons. The number of thioether (sulfide) groups is 1. The highest BCUT2D eigenvalue weighted by Gasteiger charge is 2.23. The highest BCUT2D eigenvalue weighted by Crippen LogP contribution is 2.39. The number of fused-ring (bicyclic) bond motifs is 1. The Morgan fingerprint density at radius 2 is 2.00 bits per heavy atom. The van der Waals surface area contributed by atoms with Crippen molar-refractivity contribution in [2.45, 2.75) is 17.4 Å². The van der Waals surface area contributed by atoms with E-state index >= 15 is 0 Å². The minimum absolute atomic E-state index is 0.0266. The molecule has 0 fully saturated rings. The Morgan fingerprint density at radius 3 is 2.84 bits per heavy atom. The molecule has 1 unspecified atom stereocenters. The lowest BCUT2D eigenvalue weighted by Gasteiger charge is -2.26. The second kappa shape index (κ2) is 5.17. The van der Waals surface area contributed by atoms with Gasteiger partial charge in [-0.05, 0) is 30.2 Å². The summed E-state index contributed by atoms with van der Waals surface area (Å²) < 4.78 is 26.8. The largest absolute Gasteiger partial charge is 0.363 e. The molecular formula is C14H12F2N2S. The number of nitrogens with one attached hydrogen (secondary N) is 1. The molecule has 2 heterocycles. The van der Waals surface area contributed by atoms with E-state index in [0.29, 0.717) is 10.7 Å². The summed E-state index contributed by atoms with van der Waals surface area (Å²) in [4.78, 5) is 4.47. The Morgan fingerprint density at radius 1 is 1.16 bits per heavy atom. The quantitative estimate of drug-likeness (QED) is 0.840. The summed E-state index contributed by atoms with van der Waals surface area (Å²) in [5.74, 6) is 0.601. The van der Waals surface area contributed by atoms with Gasteiger partial charge in [0.05, 0.1) is 6.04 Å². The molecular weight excluding hydrogens is 266 g/mol. The third kappa shape index (κ3) is 2.56. The van der Waals surface area contributed by atoms with Crippen molar-refractivity contribution in [3.63, 3.8) is 0 Å². The lowest BCUT2D eigenvalue weighted by molar-refractivity contribution is 0.577. The van der Waals surface area contributed by atoms with Crippen LogP contribution < -0.4 is 5.32 Å². The number of hydrogen-bond acceptors (Lipinski definition) is 3. The van der Waals surface area contributed by atoms with E-state index in [1.54, 1.807) is 18.2 Å². The van der Waals surface area contributed by atoms with E-state index in [4.69, 9.17) is 0 Å². The normalized spacial score (nSPS) is 17.9. The first-order valence-electron chi connectivity index (χ1n) is 6.04. The summed E-state index contributed by atoms with van der Waals surface area (Å²) in [5, 5.41) is 3.17. The molecule has 1 aromatic heterocycles. The third-order valence-electron chi connectivity index (χ3n) is 3.06. The maximum Gasteiger partial charge on any atom is 0.214 e. The Kier molecular flexibility index (Phi) is 3.38. The van der Waals surface area contributed by atoms with Crippen molar-refractivity contribution in [1.29, 1.82) is 0 Å². The van der Waals surface area contributed by atoms with Crippen LogP contribution in [0.3, 0.4) is 0 Å². The molecule has 1 aliphatic rings. The second-order valence-corrected chi connectivity index (χ2v) is 5.44. The molecule has 0 saturated carbocycles. The summed E-state index contributed by atoms with van der Waals surface area (Å²) in [6, 6.07) is 9.67. The van der Waals surface area contributed by atoms with E-state index in [1.807, 2.05) is 6.07 Å². The van der Waals surface area contributed by atoms with E-state index in [0.717, 1.165) is 17.7 Å². The molecule has 0 spiro atoms. The van der Waals surface area contributed by atoms with Gasteiger partial charge < -0.3 is 5.32 Å². The molecule has 2 aromatic rings. The summed E-state index contributed by atoms with van der Waals surface area (Å²) in [5.41, 5.74) is 0.919.